The zero-order chi connectivity index (χ0) is 14.0. The lowest BCUT2D eigenvalue weighted by atomic mass is 10.0. The van der Waals surface area contributed by atoms with Crippen molar-refractivity contribution < 1.29 is 23.5 Å². The van der Waals surface area contributed by atoms with Crippen molar-refractivity contribution in [3.05, 3.63) is 11.1 Å². The molecule has 0 fully saturated rings. The molecule has 2 N–H and O–H groups in total. The minimum absolute atomic E-state index is 0.106. The summed E-state index contributed by atoms with van der Waals surface area (Å²) in [6.45, 7) is 0.483. The highest BCUT2D eigenvalue weighted by Gasteiger charge is 2.37. The fourth-order valence-corrected chi connectivity index (χ4v) is 3.96. The number of hydrogen-bond acceptors (Lipinski definition) is 5. The second-order valence-electron chi connectivity index (χ2n) is 4.36. The third-order valence-electron chi connectivity index (χ3n) is 3.50. The summed E-state index contributed by atoms with van der Waals surface area (Å²) in [5, 5.41) is 19.8. The molecule has 0 radical (unpaired) electrons. The molecular formula is C12H19NO5Si. The molecule has 0 unspecified atom stereocenters. The Labute approximate surface area is 113 Å². The van der Waals surface area contributed by atoms with E-state index in [1.807, 2.05) is 0 Å². The third kappa shape index (κ3) is 2.30. The second kappa shape index (κ2) is 5.38. The van der Waals surface area contributed by atoms with Crippen molar-refractivity contribution in [3.63, 3.8) is 0 Å². The zero-order valence-corrected chi connectivity index (χ0v) is 12.3. The van der Waals surface area contributed by atoms with Crippen LogP contribution in [0, 0.1) is 0 Å². The third-order valence-corrected chi connectivity index (χ3v) is 6.33. The van der Waals surface area contributed by atoms with Gasteiger partial charge in [-0.15, -0.1) is 0 Å². The minimum Gasteiger partial charge on any atom is -0.494 e. The first-order chi connectivity index (χ1) is 9.08. The SMILES string of the molecule is CO[Si](CCCn1c(O)c2c(c1O)C=C2)(OC)OC. The maximum atomic E-state index is 9.92. The van der Waals surface area contributed by atoms with Crippen molar-refractivity contribution in [2.45, 2.75) is 19.0 Å². The van der Waals surface area contributed by atoms with Gasteiger partial charge in [0.2, 0.25) is 11.8 Å². The molecule has 0 atom stereocenters. The first-order valence-corrected chi connectivity index (χ1v) is 7.99. The summed E-state index contributed by atoms with van der Waals surface area (Å²) in [6.07, 6.45) is 4.23. The fraction of sp³-hybridized carbons (Fsp3) is 0.500. The molecule has 0 aromatic carbocycles. The van der Waals surface area contributed by atoms with E-state index >= 15 is 0 Å². The van der Waals surface area contributed by atoms with Gasteiger partial charge < -0.3 is 23.5 Å². The quantitative estimate of drug-likeness (QED) is 0.757. The van der Waals surface area contributed by atoms with E-state index in [2.05, 4.69) is 0 Å². The highest BCUT2D eigenvalue weighted by atomic mass is 28.4. The molecule has 106 valence electrons. The largest absolute Gasteiger partial charge is 0.500 e. The van der Waals surface area contributed by atoms with Gasteiger partial charge in [0.1, 0.15) is 0 Å². The molecule has 1 aliphatic rings. The lowest BCUT2D eigenvalue weighted by Crippen LogP contribution is -2.42. The van der Waals surface area contributed by atoms with E-state index in [1.165, 1.54) is 4.57 Å². The fourth-order valence-electron chi connectivity index (χ4n) is 2.25. The van der Waals surface area contributed by atoms with Crippen LogP contribution in [0.25, 0.3) is 12.2 Å². The van der Waals surface area contributed by atoms with Gasteiger partial charge in [0.25, 0.3) is 0 Å². The van der Waals surface area contributed by atoms with Crippen LogP contribution in [0.1, 0.15) is 17.5 Å². The Morgan fingerprint density at radius 1 is 1.00 bits per heavy atom. The predicted molar refractivity (Wildman–Crippen MR) is 72.9 cm³/mol. The molecule has 0 bridgehead atoms. The molecule has 0 amide bonds. The molecule has 7 heteroatoms. The molecule has 0 saturated heterocycles. The van der Waals surface area contributed by atoms with Crippen LogP contribution in [-0.2, 0) is 19.8 Å². The lowest BCUT2D eigenvalue weighted by Gasteiger charge is -2.24. The molecule has 1 aliphatic carbocycles. The van der Waals surface area contributed by atoms with Crippen molar-refractivity contribution in [1.29, 1.82) is 0 Å². The number of nitrogens with zero attached hydrogens (tertiary/aromatic N) is 1. The Morgan fingerprint density at radius 2 is 1.47 bits per heavy atom. The molecule has 2 rings (SSSR count). The highest BCUT2D eigenvalue weighted by molar-refractivity contribution is 6.60. The summed E-state index contributed by atoms with van der Waals surface area (Å²) < 4.78 is 17.5. The summed E-state index contributed by atoms with van der Waals surface area (Å²) in [5.41, 5.74) is 1.40. The Kier molecular flexibility index (Phi) is 4.00. The van der Waals surface area contributed by atoms with Crippen LogP contribution in [0.15, 0.2) is 0 Å². The van der Waals surface area contributed by atoms with Crippen molar-refractivity contribution in [2.75, 3.05) is 21.3 Å². The van der Waals surface area contributed by atoms with Crippen molar-refractivity contribution >= 4 is 21.0 Å². The van der Waals surface area contributed by atoms with E-state index in [4.69, 9.17) is 13.3 Å². The Balaban J connectivity index is 1.99. The Bertz CT molecular complexity index is 455. The monoisotopic (exact) mass is 285 g/mol. The average molecular weight is 285 g/mol. The standard InChI is InChI=1S/C12H19NO5Si/c1-16-19(17-2,18-3)8-4-7-13-11(14)9-5-6-10(9)12(13)15/h5-6,14-15H,4,7-8H2,1-3H3. The van der Waals surface area contributed by atoms with Gasteiger partial charge in [0.05, 0.1) is 0 Å². The Hall–Kier alpha value is -1.28. The summed E-state index contributed by atoms with van der Waals surface area (Å²) in [5.74, 6) is 0.212. The van der Waals surface area contributed by atoms with Crippen LogP contribution < -0.4 is 0 Å². The van der Waals surface area contributed by atoms with Gasteiger partial charge in [0.15, 0.2) is 0 Å². The van der Waals surface area contributed by atoms with Crippen molar-refractivity contribution in [2.24, 2.45) is 0 Å². The normalized spacial score (nSPS) is 13.4. The van der Waals surface area contributed by atoms with E-state index in [9.17, 15) is 10.2 Å². The van der Waals surface area contributed by atoms with Crippen LogP contribution in [0.4, 0.5) is 0 Å². The molecule has 1 heterocycles. The molecular weight excluding hydrogens is 266 g/mol. The van der Waals surface area contributed by atoms with E-state index in [-0.39, 0.29) is 11.8 Å². The minimum atomic E-state index is -2.59. The molecule has 1 aromatic heterocycles. The number of fused-ring (bicyclic) bond motifs is 1. The molecule has 19 heavy (non-hydrogen) atoms. The van der Waals surface area contributed by atoms with E-state index in [0.717, 1.165) is 0 Å². The summed E-state index contributed by atoms with van der Waals surface area (Å²) >= 11 is 0. The van der Waals surface area contributed by atoms with Gasteiger partial charge in [0, 0.05) is 45.0 Å². The van der Waals surface area contributed by atoms with Crippen LogP contribution in [0.5, 0.6) is 11.8 Å². The molecule has 0 spiro atoms. The first kappa shape index (κ1) is 14.1. The van der Waals surface area contributed by atoms with Crippen LogP contribution >= 0.6 is 0 Å². The van der Waals surface area contributed by atoms with Gasteiger partial charge in [-0.1, -0.05) is 0 Å². The molecule has 1 aromatic rings. The average Bonchev–Trinajstić information content (AvgIpc) is 2.53. The predicted octanol–water partition coefficient (Wildman–Crippen LogP) is 1.65. The Morgan fingerprint density at radius 3 is 1.84 bits per heavy atom. The maximum absolute atomic E-state index is 9.92. The first-order valence-electron chi connectivity index (χ1n) is 6.06. The van der Waals surface area contributed by atoms with Gasteiger partial charge in [-0.05, 0) is 18.6 Å². The highest BCUT2D eigenvalue weighted by Crippen LogP contribution is 2.41. The smallest absolute Gasteiger partial charge is 0.494 e. The summed E-state index contributed by atoms with van der Waals surface area (Å²) in [4.78, 5) is 0. The van der Waals surface area contributed by atoms with Gasteiger partial charge in [-0.25, -0.2) is 0 Å². The summed E-state index contributed by atoms with van der Waals surface area (Å²) in [6, 6.07) is 0.617. The van der Waals surface area contributed by atoms with Gasteiger partial charge in [-0.2, -0.15) is 0 Å². The van der Waals surface area contributed by atoms with Gasteiger partial charge in [-0.3, -0.25) is 4.57 Å². The van der Waals surface area contributed by atoms with Crippen molar-refractivity contribution in [1.82, 2.24) is 4.57 Å². The molecule has 0 aliphatic heterocycles. The lowest BCUT2D eigenvalue weighted by molar-refractivity contribution is 0.122. The van der Waals surface area contributed by atoms with Crippen LogP contribution in [-0.4, -0.2) is 44.9 Å². The van der Waals surface area contributed by atoms with Gasteiger partial charge >= 0.3 is 8.80 Å². The maximum Gasteiger partial charge on any atom is 0.500 e. The second-order valence-corrected chi connectivity index (χ2v) is 7.45. The van der Waals surface area contributed by atoms with E-state index < -0.39 is 8.80 Å². The molecule has 0 saturated carbocycles. The summed E-state index contributed by atoms with van der Waals surface area (Å²) in [7, 11) is 2.11. The number of aromatic nitrogens is 1. The number of hydrogen-bond donors (Lipinski definition) is 2. The van der Waals surface area contributed by atoms with Crippen LogP contribution in [0.2, 0.25) is 6.04 Å². The molecule has 6 nitrogen and oxygen atoms in total. The topological polar surface area (TPSA) is 73.1 Å². The van der Waals surface area contributed by atoms with E-state index in [0.29, 0.717) is 30.1 Å². The zero-order valence-electron chi connectivity index (χ0n) is 11.3. The number of rotatable bonds is 7. The van der Waals surface area contributed by atoms with E-state index in [1.54, 1.807) is 33.5 Å². The van der Waals surface area contributed by atoms with Crippen molar-refractivity contribution in [3.8, 4) is 11.8 Å². The van der Waals surface area contributed by atoms with Crippen LogP contribution in [0.3, 0.4) is 0 Å². The number of aromatic hydroxyl groups is 2.